The summed E-state index contributed by atoms with van der Waals surface area (Å²) in [6.45, 7) is 1.75. The molecule has 0 bridgehead atoms. The maximum absolute atomic E-state index is 9.24. The molecule has 0 aromatic rings. The van der Waals surface area contributed by atoms with Crippen molar-refractivity contribution in [1.29, 1.82) is 0 Å². The fraction of sp³-hybridized carbons (Fsp3) is 1.00. The van der Waals surface area contributed by atoms with Gasteiger partial charge in [0, 0.05) is 18.4 Å². The van der Waals surface area contributed by atoms with E-state index < -0.39 is 0 Å². The van der Waals surface area contributed by atoms with E-state index in [9.17, 15) is 5.11 Å². The van der Waals surface area contributed by atoms with Gasteiger partial charge in [0.1, 0.15) is 0 Å². The Morgan fingerprint density at radius 2 is 2.33 bits per heavy atom. The summed E-state index contributed by atoms with van der Waals surface area (Å²) in [6, 6.07) is 0. The summed E-state index contributed by atoms with van der Waals surface area (Å²) in [5.41, 5.74) is 0. The summed E-state index contributed by atoms with van der Waals surface area (Å²) < 4.78 is 0. The van der Waals surface area contributed by atoms with Crippen molar-refractivity contribution in [2.24, 2.45) is 5.92 Å². The SMILES string of the molecule is OC1CNCC1CCBr. The number of rotatable bonds is 2. The summed E-state index contributed by atoms with van der Waals surface area (Å²) in [7, 11) is 0. The third-order valence-electron chi connectivity index (χ3n) is 1.78. The first kappa shape index (κ1) is 7.51. The molecule has 1 saturated heterocycles. The number of alkyl halides is 1. The molecule has 0 aromatic heterocycles. The molecule has 2 atom stereocenters. The molecular weight excluding hydrogens is 182 g/mol. The molecule has 54 valence electrons. The van der Waals surface area contributed by atoms with Gasteiger partial charge in [-0.3, -0.25) is 0 Å². The number of hydrogen-bond acceptors (Lipinski definition) is 2. The highest BCUT2D eigenvalue weighted by Gasteiger charge is 2.23. The van der Waals surface area contributed by atoms with Gasteiger partial charge >= 0.3 is 0 Å². The van der Waals surface area contributed by atoms with Crippen LogP contribution < -0.4 is 5.32 Å². The number of aliphatic hydroxyl groups is 1. The molecule has 1 heterocycles. The van der Waals surface area contributed by atoms with Gasteiger partial charge in [-0.15, -0.1) is 0 Å². The molecule has 0 amide bonds. The van der Waals surface area contributed by atoms with Crippen molar-refractivity contribution < 1.29 is 5.11 Å². The highest BCUT2D eigenvalue weighted by molar-refractivity contribution is 9.09. The Morgan fingerprint density at radius 1 is 1.56 bits per heavy atom. The second-order valence-corrected chi connectivity index (χ2v) is 3.26. The molecule has 0 spiro atoms. The first-order valence-electron chi connectivity index (χ1n) is 3.29. The summed E-state index contributed by atoms with van der Waals surface area (Å²) in [6.07, 6.45) is 0.969. The quantitative estimate of drug-likeness (QED) is 0.621. The third kappa shape index (κ3) is 1.92. The minimum atomic E-state index is -0.109. The molecule has 1 fully saturated rings. The van der Waals surface area contributed by atoms with Crippen molar-refractivity contribution >= 4 is 15.9 Å². The van der Waals surface area contributed by atoms with Crippen molar-refractivity contribution in [3.63, 3.8) is 0 Å². The summed E-state index contributed by atoms with van der Waals surface area (Å²) >= 11 is 3.35. The lowest BCUT2D eigenvalue weighted by molar-refractivity contribution is 0.146. The van der Waals surface area contributed by atoms with Gasteiger partial charge in [-0.05, 0) is 12.3 Å². The van der Waals surface area contributed by atoms with Gasteiger partial charge < -0.3 is 10.4 Å². The Labute approximate surface area is 63.8 Å². The second-order valence-electron chi connectivity index (χ2n) is 2.46. The number of aliphatic hydroxyl groups excluding tert-OH is 1. The van der Waals surface area contributed by atoms with E-state index in [1.165, 1.54) is 0 Å². The highest BCUT2D eigenvalue weighted by atomic mass is 79.9. The van der Waals surface area contributed by atoms with E-state index in [4.69, 9.17) is 0 Å². The van der Waals surface area contributed by atoms with Gasteiger partial charge in [0.25, 0.3) is 0 Å². The zero-order valence-corrected chi connectivity index (χ0v) is 6.89. The lowest BCUT2D eigenvalue weighted by Gasteiger charge is -2.09. The van der Waals surface area contributed by atoms with Gasteiger partial charge in [0.15, 0.2) is 0 Å². The van der Waals surface area contributed by atoms with Crippen LogP contribution in [0.25, 0.3) is 0 Å². The molecule has 0 aliphatic carbocycles. The third-order valence-corrected chi connectivity index (χ3v) is 2.24. The number of nitrogens with one attached hydrogen (secondary N) is 1. The second kappa shape index (κ2) is 3.54. The number of β-amino-alcohol motifs (C(OH)–C–C–N with tert-alkyl or cyclic N) is 1. The van der Waals surface area contributed by atoms with E-state index >= 15 is 0 Å². The van der Waals surface area contributed by atoms with Crippen molar-refractivity contribution in [2.45, 2.75) is 12.5 Å². The molecule has 0 radical (unpaired) electrons. The van der Waals surface area contributed by atoms with Crippen molar-refractivity contribution in [3.05, 3.63) is 0 Å². The Morgan fingerprint density at radius 3 is 2.78 bits per heavy atom. The van der Waals surface area contributed by atoms with Crippen LogP contribution in [-0.2, 0) is 0 Å². The number of hydrogen-bond donors (Lipinski definition) is 2. The largest absolute Gasteiger partial charge is 0.391 e. The van der Waals surface area contributed by atoms with E-state index in [1.54, 1.807) is 0 Å². The molecule has 1 rings (SSSR count). The monoisotopic (exact) mass is 193 g/mol. The molecule has 1 aliphatic heterocycles. The highest BCUT2D eigenvalue weighted by Crippen LogP contribution is 2.13. The first-order chi connectivity index (χ1) is 4.34. The fourth-order valence-electron chi connectivity index (χ4n) is 1.15. The fourth-order valence-corrected chi connectivity index (χ4v) is 1.74. The van der Waals surface area contributed by atoms with Gasteiger partial charge in [0.05, 0.1) is 6.10 Å². The van der Waals surface area contributed by atoms with Crippen LogP contribution in [0.5, 0.6) is 0 Å². The molecule has 1 aliphatic rings. The van der Waals surface area contributed by atoms with Gasteiger partial charge in [-0.25, -0.2) is 0 Å². The van der Waals surface area contributed by atoms with Crippen molar-refractivity contribution in [2.75, 3.05) is 18.4 Å². The lowest BCUT2D eigenvalue weighted by atomic mass is 10.0. The zero-order chi connectivity index (χ0) is 6.69. The summed E-state index contributed by atoms with van der Waals surface area (Å²) in [5, 5.41) is 13.4. The Hall–Kier alpha value is 0.400. The number of halogens is 1. The van der Waals surface area contributed by atoms with Gasteiger partial charge in [-0.2, -0.15) is 0 Å². The molecule has 0 saturated carbocycles. The average Bonchev–Trinajstić information content (AvgIpc) is 2.18. The van der Waals surface area contributed by atoms with Crippen LogP contribution in [0.3, 0.4) is 0 Å². The average molecular weight is 194 g/mol. The van der Waals surface area contributed by atoms with E-state index in [0.29, 0.717) is 5.92 Å². The van der Waals surface area contributed by atoms with Crippen molar-refractivity contribution in [1.82, 2.24) is 5.32 Å². The van der Waals surface area contributed by atoms with Gasteiger partial charge in [0.2, 0.25) is 0 Å². The van der Waals surface area contributed by atoms with Crippen LogP contribution in [0.4, 0.5) is 0 Å². The Kier molecular flexibility index (Phi) is 2.95. The predicted molar refractivity (Wildman–Crippen MR) is 40.8 cm³/mol. The normalized spacial score (nSPS) is 35.3. The van der Waals surface area contributed by atoms with E-state index in [1.807, 2.05) is 0 Å². The topological polar surface area (TPSA) is 32.3 Å². The minimum absolute atomic E-state index is 0.109. The van der Waals surface area contributed by atoms with E-state index in [0.717, 1.165) is 24.8 Å². The summed E-state index contributed by atoms with van der Waals surface area (Å²) in [5.74, 6) is 0.476. The smallest absolute Gasteiger partial charge is 0.0705 e. The van der Waals surface area contributed by atoms with Gasteiger partial charge in [-0.1, -0.05) is 15.9 Å². The molecule has 3 heteroatoms. The zero-order valence-electron chi connectivity index (χ0n) is 5.31. The minimum Gasteiger partial charge on any atom is -0.391 e. The van der Waals surface area contributed by atoms with E-state index in [-0.39, 0.29) is 6.10 Å². The Bertz CT molecular complexity index is 89.1. The van der Waals surface area contributed by atoms with Crippen LogP contribution >= 0.6 is 15.9 Å². The maximum Gasteiger partial charge on any atom is 0.0705 e. The molecule has 2 nitrogen and oxygen atoms in total. The molecule has 2 N–H and O–H groups in total. The molecule has 0 aromatic carbocycles. The Balaban J connectivity index is 2.22. The van der Waals surface area contributed by atoms with Crippen LogP contribution in [0.1, 0.15) is 6.42 Å². The van der Waals surface area contributed by atoms with Crippen LogP contribution in [0.15, 0.2) is 0 Å². The van der Waals surface area contributed by atoms with Crippen LogP contribution in [0, 0.1) is 5.92 Å². The maximum atomic E-state index is 9.24. The first-order valence-corrected chi connectivity index (χ1v) is 4.41. The molecule has 2 unspecified atom stereocenters. The summed E-state index contributed by atoms with van der Waals surface area (Å²) in [4.78, 5) is 0. The predicted octanol–water partition coefficient (Wildman–Crippen LogP) is 0.352. The molecular formula is C6H12BrNO. The van der Waals surface area contributed by atoms with Crippen molar-refractivity contribution in [3.8, 4) is 0 Å². The van der Waals surface area contributed by atoms with E-state index in [2.05, 4.69) is 21.2 Å². The van der Waals surface area contributed by atoms with Crippen LogP contribution in [-0.4, -0.2) is 29.6 Å². The standard InChI is InChI=1S/C6H12BrNO/c7-2-1-5-3-8-4-6(5)9/h5-6,8-9H,1-4H2. The lowest BCUT2D eigenvalue weighted by Crippen LogP contribution is -2.17. The van der Waals surface area contributed by atoms with Crippen LogP contribution in [0.2, 0.25) is 0 Å². The molecule has 9 heavy (non-hydrogen) atoms.